The van der Waals surface area contributed by atoms with Gasteiger partial charge in [0.1, 0.15) is 18.7 Å². The van der Waals surface area contributed by atoms with E-state index < -0.39 is 79.0 Å². The summed E-state index contributed by atoms with van der Waals surface area (Å²) in [6, 6.07) is 0. The lowest BCUT2D eigenvalue weighted by Gasteiger charge is -2.42. The molecule has 22 heteroatoms. The fraction of sp³-hybridized carbons (Fsp3) is 1.00. The fourth-order valence-electron chi connectivity index (χ4n) is 2.33. The molecule has 0 aliphatic rings. The van der Waals surface area contributed by atoms with Gasteiger partial charge in [-0.2, -0.15) is 52.7 Å². The highest BCUT2D eigenvalue weighted by atomic mass is 19.4. The van der Waals surface area contributed by atoms with Gasteiger partial charge in [0.05, 0.1) is 0 Å². The van der Waals surface area contributed by atoms with Crippen molar-refractivity contribution in [3.63, 3.8) is 0 Å². The molecule has 0 aliphatic heterocycles. The molecule has 0 aliphatic carbocycles. The lowest BCUT2D eigenvalue weighted by Crippen LogP contribution is -2.60. The normalized spacial score (nSPS) is 17.8. The van der Waals surface area contributed by atoms with Crippen molar-refractivity contribution < 1.29 is 93.2 Å². The first-order chi connectivity index (χ1) is 16.1. The quantitative estimate of drug-likeness (QED) is 0.152. The van der Waals surface area contributed by atoms with Crippen LogP contribution in [0, 0.1) is 0 Å². The van der Waals surface area contributed by atoms with Gasteiger partial charge in [-0.15, -0.1) is 0 Å². The monoisotopic (exact) mass is 599 g/mol. The van der Waals surface area contributed by atoms with E-state index in [9.17, 15) is 79.0 Å². The van der Waals surface area contributed by atoms with E-state index in [2.05, 4.69) is 14.2 Å². The minimum Gasteiger partial charge on any atom is -0.297 e. The summed E-state index contributed by atoms with van der Waals surface area (Å²) in [4.78, 5) is -0.889. The molecule has 37 heavy (non-hydrogen) atoms. The Labute approximate surface area is 194 Å². The molecule has 3 atom stereocenters. The number of nitrogens with zero attached hydrogens (tertiary/aromatic N) is 1. The van der Waals surface area contributed by atoms with E-state index in [0.717, 1.165) is 0 Å². The van der Waals surface area contributed by atoms with E-state index in [-0.39, 0.29) is 20.8 Å². The van der Waals surface area contributed by atoms with Gasteiger partial charge in [-0.25, -0.2) is 31.2 Å². The summed E-state index contributed by atoms with van der Waals surface area (Å²) in [5.41, 5.74) is 0. The summed E-state index contributed by atoms with van der Waals surface area (Å²) in [6.07, 6.45) is -44.6. The molecule has 0 spiro atoms. The van der Waals surface area contributed by atoms with Gasteiger partial charge >= 0.3 is 55.4 Å². The predicted molar refractivity (Wildman–Crippen MR) is 81.2 cm³/mol. The second-order valence-corrected chi connectivity index (χ2v) is 6.92. The summed E-state index contributed by atoms with van der Waals surface area (Å²) in [5, 5.41) is 0. The van der Waals surface area contributed by atoms with Crippen molar-refractivity contribution in [2.45, 2.75) is 94.8 Å². The van der Waals surface area contributed by atoms with Crippen molar-refractivity contribution in [3.8, 4) is 0 Å². The van der Waals surface area contributed by atoms with Gasteiger partial charge in [-0.1, -0.05) is 0 Å². The molecule has 0 aromatic heterocycles. The molecular weight excluding hydrogens is 584 g/mol. The molecule has 0 amide bonds. The lowest BCUT2D eigenvalue weighted by molar-refractivity contribution is -0.442. The van der Waals surface area contributed by atoms with Crippen molar-refractivity contribution in [1.82, 2.24) is 4.90 Å². The molecular formula is C15H15F18NO3. The second-order valence-electron chi connectivity index (χ2n) is 6.92. The minimum atomic E-state index is -6.42. The molecule has 0 radical (unpaired) electrons. The summed E-state index contributed by atoms with van der Waals surface area (Å²) in [5.74, 6) is -19.2. The smallest absolute Gasteiger partial charge is 0.297 e. The molecule has 0 aromatic carbocycles. The van der Waals surface area contributed by atoms with E-state index >= 15 is 0 Å². The summed E-state index contributed by atoms with van der Waals surface area (Å²) >= 11 is 0. The Hall–Kier alpha value is -1.42. The van der Waals surface area contributed by atoms with E-state index in [4.69, 9.17) is 0 Å². The van der Waals surface area contributed by atoms with E-state index in [1.807, 2.05) is 0 Å². The third-order valence-electron chi connectivity index (χ3n) is 4.20. The third kappa shape index (κ3) is 7.37. The van der Waals surface area contributed by atoms with Crippen LogP contribution in [0.2, 0.25) is 0 Å². The van der Waals surface area contributed by atoms with Crippen molar-refractivity contribution in [2.24, 2.45) is 0 Å². The van der Waals surface area contributed by atoms with E-state index in [0.29, 0.717) is 0 Å². The van der Waals surface area contributed by atoms with Crippen LogP contribution >= 0.6 is 0 Å². The third-order valence-corrected chi connectivity index (χ3v) is 4.20. The Bertz CT molecular complexity index is 638. The van der Waals surface area contributed by atoms with Crippen molar-refractivity contribution >= 4 is 0 Å². The zero-order valence-corrected chi connectivity index (χ0v) is 17.9. The van der Waals surface area contributed by atoms with Gasteiger partial charge in [0.2, 0.25) is 0 Å². The summed E-state index contributed by atoms with van der Waals surface area (Å²) in [6.45, 7) is -0.202. The van der Waals surface area contributed by atoms with Gasteiger partial charge in [-0.05, 0) is 20.8 Å². The molecule has 0 rings (SSSR count). The average molecular weight is 599 g/mol. The highest BCUT2D eigenvalue weighted by molar-refractivity contribution is 4.85. The summed E-state index contributed by atoms with van der Waals surface area (Å²) in [7, 11) is 0. The van der Waals surface area contributed by atoms with E-state index in [1.54, 1.807) is 0 Å². The fourth-order valence-corrected chi connectivity index (χ4v) is 2.33. The van der Waals surface area contributed by atoms with Crippen LogP contribution in [0.3, 0.4) is 0 Å². The van der Waals surface area contributed by atoms with Crippen LogP contribution in [0.5, 0.6) is 0 Å². The SMILES string of the molecule is CC(OC(F)(F)C(F)(F)C(F)F)N(C(C)OC(F)(F)C(F)(F)C(F)F)C(C)OC(F)(F)C(F)(F)C(F)F. The first-order valence-electron chi connectivity index (χ1n) is 9.02. The standard InChI is InChI=1S/C15H15F18NO3/c1-4(35-13(28,29)10(22,23)7(16)17)34(5(2)36-14(30,31)11(24,25)8(18)19)6(3)37-15(32,33)12(26,27)9(20)21/h4-9H,1-3H3. The maximum atomic E-state index is 13.6. The van der Waals surface area contributed by atoms with Crippen LogP contribution in [0.4, 0.5) is 79.0 Å². The molecule has 3 unspecified atom stereocenters. The zero-order chi connectivity index (χ0) is 30.2. The largest absolute Gasteiger partial charge is 0.426 e. The van der Waals surface area contributed by atoms with Gasteiger partial charge in [0, 0.05) is 0 Å². The highest BCUT2D eigenvalue weighted by Crippen LogP contribution is 2.45. The Morgan fingerprint density at radius 2 is 0.568 bits per heavy atom. The number of halogens is 18. The highest BCUT2D eigenvalue weighted by Gasteiger charge is 2.68. The molecule has 224 valence electrons. The predicted octanol–water partition coefficient (Wildman–Crippen LogP) is 6.86. The Morgan fingerprint density at radius 1 is 0.405 bits per heavy atom. The number of alkyl halides is 18. The molecule has 0 aromatic rings. The van der Waals surface area contributed by atoms with Crippen LogP contribution in [0.15, 0.2) is 0 Å². The maximum Gasteiger partial charge on any atom is 0.426 e. The maximum absolute atomic E-state index is 13.6. The average Bonchev–Trinajstić information content (AvgIpc) is 2.65. The number of hydrogen-bond acceptors (Lipinski definition) is 4. The Kier molecular flexibility index (Phi) is 10.9. The molecule has 0 saturated carbocycles. The van der Waals surface area contributed by atoms with Crippen LogP contribution in [0.25, 0.3) is 0 Å². The van der Waals surface area contributed by atoms with Gasteiger partial charge < -0.3 is 0 Å². The summed E-state index contributed by atoms with van der Waals surface area (Å²) < 4.78 is 243. The Balaban J connectivity index is 6.43. The first kappa shape index (κ1) is 35.6. The molecule has 0 heterocycles. The van der Waals surface area contributed by atoms with E-state index in [1.165, 1.54) is 0 Å². The lowest BCUT2D eigenvalue weighted by atomic mass is 10.3. The van der Waals surface area contributed by atoms with Gasteiger partial charge in [-0.3, -0.25) is 14.2 Å². The van der Waals surface area contributed by atoms with Gasteiger partial charge in [0.25, 0.3) is 0 Å². The second kappa shape index (κ2) is 11.4. The van der Waals surface area contributed by atoms with Gasteiger partial charge in [0.15, 0.2) is 0 Å². The number of rotatable bonds is 15. The molecule has 0 saturated heterocycles. The van der Waals surface area contributed by atoms with Crippen LogP contribution in [-0.2, 0) is 14.2 Å². The molecule has 4 nitrogen and oxygen atoms in total. The minimum absolute atomic E-state index is 0.0675. The molecule has 0 fully saturated rings. The van der Waals surface area contributed by atoms with Crippen LogP contribution < -0.4 is 0 Å². The Morgan fingerprint density at radius 3 is 0.703 bits per heavy atom. The van der Waals surface area contributed by atoms with Crippen molar-refractivity contribution in [1.29, 1.82) is 0 Å². The number of ether oxygens (including phenoxy) is 3. The van der Waals surface area contributed by atoms with Crippen molar-refractivity contribution in [2.75, 3.05) is 0 Å². The van der Waals surface area contributed by atoms with Crippen LogP contribution in [-0.4, -0.2) is 79.0 Å². The van der Waals surface area contributed by atoms with Crippen LogP contribution in [0.1, 0.15) is 20.8 Å². The topological polar surface area (TPSA) is 30.9 Å². The first-order valence-corrected chi connectivity index (χ1v) is 9.02. The molecule has 0 N–H and O–H groups in total. The van der Waals surface area contributed by atoms with Crippen molar-refractivity contribution in [3.05, 3.63) is 0 Å². The molecule has 0 bridgehead atoms. The zero-order valence-electron chi connectivity index (χ0n) is 17.9. The number of hydrogen-bond donors (Lipinski definition) is 0.